The molecule has 0 aliphatic carbocycles. The summed E-state index contributed by atoms with van der Waals surface area (Å²) in [4.78, 5) is 16.6. The molecule has 21 heavy (non-hydrogen) atoms. The molecule has 0 unspecified atom stereocenters. The van der Waals surface area contributed by atoms with Gasteiger partial charge in [-0.25, -0.2) is 0 Å². The first kappa shape index (κ1) is 14.8. The molecule has 0 aliphatic heterocycles. The zero-order valence-electron chi connectivity index (χ0n) is 12.3. The standard InChI is InChI=1S/C16H17NO4/c1-19-14-10-16(21-3)15(20-2)9-12(14)13(18)8-11-6-4-5-7-17-11/h4-7,9-10H,8H2,1-3H3. The van der Waals surface area contributed by atoms with Gasteiger partial charge in [0.1, 0.15) is 5.75 Å². The van der Waals surface area contributed by atoms with Crippen LogP contribution in [-0.4, -0.2) is 32.1 Å². The summed E-state index contributed by atoms with van der Waals surface area (Å²) in [6, 6.07) is 8.74. The third kappa shape index (κ3) is 3.31. The first-order valence-electron chi connectivity index (χ1n) is 6.42. The average molecular weight is 287 g/mol. The molecule has 0 N–H and O–H groups in total. The van der Waals surface area contributed by atoms with Crippen LogP contribution >= 0.6 is 0 Å². The van der Waals surface area contributed by atoms with Crippen molar-refractivity contribution in [3.05, 3.63) is 47.8 Å². The normalized spacial score (nSPS) is 10.0. The van der Waals surface area contributed by atoms with Gasteiger partial charge in [-0.05, 0) is 18.2 Å². The van der Waals surface area contributed by atoms with Crippen molar-refractivity contribution < 1.29 is 19.0 Å². The minimum Gasteiger partial charge on any atom is -0.496 e. The summed E-state index contributed by atoms with van der Waals surface area (Å²) >= 11 is 0. The minimum atomic E-state index is -0.0912. The smallest absolute Gasteiger partial charge is 0.172 e. The molecule has 0 radical (unpaired) electrons. The van der Waals surface area contributed by atoms with Gasteiger partial charge in [-0.15, -0.1) is 0 Å². The second kappa shape index (κ2) is 6.74. The fourth-order valence-electron chi connectivity index (χ4n) is 2.01. The highest BCUT2D eigenvalue weighted by Crippen LogP contribution is 2.35. The van der Waals surface area contributed by atoms with Crippen LogP contribution in [0.1, 0.15) is 16.1 Å². The van der Waals surface area contributed by atoms with E-state index in [4.69, 9.17) is 14.2 Å². The number of hydrogen-bond donors (Lipinski definition) is 0. The fraction of sp³-hybridized carbons (Fsp3) is 0.250. The molecule has 0 saturated carbocycles. The summed E-state index contributed by atoms with van der Waals surface area (Å²) in [5.74, 6) is 1.37. The highest BCUT2D eigenvalue weighted by Gasteiger charge is 2.18. The molecule has 2 rings (SSSR count). The Morgan fingerprint density at radius 1 is 1.00 bits per heavy atom. The SMILES string of the molecule is COc1cc(OC)c(C(=O)Cc2ccccn2)cc1OC. The lowest BCUT2D eigenvalue weighted by Crippen LogP contribution is -2.08. The molecule has 0 fully saturated rings. The monoisotopic (exact) mass is 287 g/mol. The second-order valence-electron chi connectivity index (χ2n) is 4.33. The number of hydrogen-bond acceptors (Lipinski definition) is 5. The number of rotatable bonds is 6. The van der Waals surface area contributed by atoms with Gasteiger partial charge in [0.2, 0.25) is 0 Å². The van der Waals surface area contributed by atoms with Gasteiger partial charge < -0.3 is 14.2 Å². The number of pyridine rings is 1. The van der Waals surface area contributed by atoms with E-state index in [2.05, 4.69) is 4.98 Å². The van der Waals surface area contributed by atoms with Gasteiger partial charge in [0.15, 0.2) is 17.3 Å². The molecule has 1 aromatic carbocycles. The van der Waals surface area contributed by atoms with Crippen LogP contribution < -0.4 is 14.2 Å². The summed E-state index contributed by atoms with van der Waals surface area (Å²) in [5, 5.41) is 0. The maximum atomic E-state index is 12.4. The van der Waals surface area contributed by atoms with E-state index in [1.54, 1.807) is 18.3 Å². The van der Waals surface area contributed by atoms with Crippen molar-refractivity contribution in [2.45, 2.75) is 6.42 Å². The van der Waals surface area contributed by atoms with Gasteiger partial charge in [-0.2, -0.15) is 0 Å². The van der Waals surface area contributed by atoms with Crippen LogP contribution in [-0.2, 0) is 6.42 Å². The summed E-state index contributed by atoms with van der Waals surface area (Å²) in [5.41, 5.74) is 1.15. The molecule has 110 valence electrons. The summed E-state index contributed by atoms with van der Waals surface area (Å²) in [7, 11) is 4.57. The Kier molecular flexibility index (Phi) is 4.77. The highest BCUT2D eigenvalue weighted by molar-refractivity contribution is 6.00. The lowest BCUT2D eigenvalue weighted by Gasteiger charge is -2.13. The molecule has 5 heteroatoms. The number of aromatic nitrogens is 1. The van der Waals surface area contributed by atoms with Gasteiger partial charge in [-0.1, -0.05) is 6.07 Å². The molecule has 0 bridgehead atoms. The molecular formula is C16H17NO4. The van der Waals surface area contributed by atoms with Crippen molar-refractivity contribution >= 4 is 5.78 Å². The van der Waals surface area contributed by atoms with E-state index in [1.165, 1.54) is 21.3 Å². The van der Waals surface area contributed by atoms with Gasteiger partial charge in [0.25, 0.3) is 0 Å². The maximum absolute atomic E-state index is 12.4. The predicted molar refractivity (Wildman–Crippen MR) is 78.4 cm³/mol. The number of carbonyl (C=O) groups is 1. The third-order valence-corrected chi connectivity index (χ3v) is 3.07. The Balaban J connectivity index is 2.35. The van der Waals surface area contributed by atoms with Crippen LogP contribution in [0.25, 0.3) is 0 Å². The predicted octanol–water partition coefficient (Wildman–Crippen LogP) is 2.53. The Labute approximate surface area is 123 Å². The number of ketones is 1. The molecule has 0 aliphatic rings. The number of Topliss-reactive ketones (excluding diaryl/α,β-unsaturated/α-hetero) is 1. The van der Waals surface area contributed by atoms with Crippen molar-refractivity contribution in [3.8, 4) is 17.2 Å². The maximum Gasteiger partial charge on any atom is 0.172 e. The zero-order valence-corrected chi connectivity index (χ0v) is 12.3. The van der Waals surface area contributed by atoms with Crippen LogP contribution in [0.2, 0.25) is 0 Å². The number of nitrogens with zero attached hydrogens (tertiary/aromatic N) is 1. The van der Waals surface area contributed by atoms with Gasteiger partial charge >= 0.3 is 0 Å². The van der Waals surface area contributed by atoms with Crippen molar-refractivity contribution in [2.75, 3.05) is 21.3 Å². The molecule has 0 spiro atoms. The molecule has 1 heterocycles. The summed E-state index contributed by atoms with van der Waals surface area (Å²) < 4.78 is 15.7. The van der Waals surface area contributed by atoms with Crippen LogP contribution in [0.5, 0.6) is 17.2 Å². The largest absolute Gasteiger partial charge is 0.496 e. The third-order valence-electron chi connectivity index (χ3n) is 3.07. The van der Waals surface area contributed by atoms with E-state index < -0.39 is 0 Å². The fourth-order valence-corrected chi connectivity index (χ4v) is 2.01. The Bertz CT molecular complexity index is 626. The van der Waals surface area contributed by atoms with E-state index in [1.807, 2.05) is 18.2 Å². The number of ether oxygens (including phenoxy) is 3. The molecular weight excluding hydrogens is 270 g/mol. The van der Waals surface area contributed by atoms with Crippen LogP contribution in [0.3, 0.4) is 0 Å². The number of benzene rings is 1. The van der Waals surface area contributed by atoms with E-state index in [0.29, 0.717) is 28.5 Å². The van der Waals surface area contributed by atoms with Gasteiger partial charge in [-0.3, -0.25) is 9.78 Å². The van der Waals surface area contributed by atoms with Crippen molar-refractivity contribution in [3.63, 3.8) is 0 Å². The highest BCUT2D eigenvalue weighted by atomic mass is 16.5. The van der Waals surface area contributed by atoms with E-state index in [9.17, 15) is 4.79 Å². The lowest BCUT2D eigenvalue weighted by molar-refractivity contribution is 0.0988. The minimum absolute atomic E-state index is 0.0912. The van der Waals surface area contributed by atoms with Crippen LogP contribution in [0.15, 0.2) is 36.5 Å². The van der Waals surface area contributed by atoms with E-state index in [-0.39, 0.29) is 12.2 Å². The topological polar surface area (TPSA) is 57.7 Å². The van der Waals surface area contributed by atoms with Crippen LogP contribution in [0, 0.1) is 0 Å². The summed E-state index contributed by atoms with van der Waals surface area (Å²) in [6.45, 7) is 0. The first-order valence-corrected chi connectivity index (χ1v) is 6.42. The Morgan fingerprint density at radius 3 is 2.24 bits per heavy atom. The second-order valence-corrected chi connectivity index (χ2v) is 4.33. The number of carbonyl (C=O) groups excluding carboxylic acids is 1. The lowest BCUT2D eigenvalue weighted by atomic mass is 10.0. The van der Waals surface area contributed by atoms with Crippen molar-refractivity contribution in [2.24, 2.45) is 0 Å². The van der Waals surface area contributed by atoms with Gasteiger partial charge in [0.05, 0.1) is 33.3 Å². The molecule has 0 saturated heterocycles. The van der Waals surface area contributed by atoms with E-state index >= 15 is 0 Å². The zero-order chi connectivity index (χ0) is 15.2. The molecule has 2 aromatic rings. The Morgan fingerprint density at radius 2 is 1.67 bits per heavy atom. The van der Waals surface area contributed by atoms with Crippen molar-refractivity contribution in [1.82, 2.24) is 4.98 Å². The molecule has 0 atom stereocenters. The van der Waals surface area contributed by atoms with Crippen molar-refractivity contribution in [1.29, 1.82) is 0 Å². The average Bonchev–Trinajstić information content (AvgIpc) is 2.54. The molecule has 1 aromatic heterocycles. The van der Waals surface area contributed by atoms with Crippen LogP contribution in [0.4, 0.5) is 0 Å². The van der Waals surface area contributed by atoms with E-state index in [0.717, 1.165) is 0 Å². The molecule has 0 amide bonds. The quantitative estimate of drug-likeness (QED) is 0.764. The summed E-state index contributed by atoms with van der Waals surface area (Å²) in [6.07, 6.45) is 1.86. The van der Waals surface area contributed by atoms with Gasteiger partial charge in [0, 0.05) is 18.0 Å². The molecule has 5 nitrogen and oxygen atoms in total. The number of methoxy groups -OCH3 is 3. The first-order chi connectivity index (χ1) is 10.2. The Hall–Kier alpha value is -2.56.